The first-order valence-electron chi connectivity index (χ1n) is 6.48. The molecule has 21 heavy (non-hydrogen) atoms. The molecule has 3 aromatic rings. The number of hydrogen-bond acceptors (Lipinski definition) is 5. The van der Waals surface area contributed by atoms with E-state index in [1.165, 1.54) is 0 Å². The molecule has 2 aromatic heterocycles. The number of nitrogens with zero attached hydrogens (tertiary/aromatic N) is 3. The maximum absolute atomic E-state index is 6.08. The van der Waals surface area contributed by atoms with Crippen LogP contribution in [-0.2, 0) is 13.0 Å². The highest BCUT2D eigenvalue weighted by Crippen LogP contribution is 2.23. The van der Waals surface area contributed by atoms with Crippen LogP contribution in [0.2, 0.25) is 5.02 Å². The van der Waals surface area contributed by atoms with Crippen LogP contribution in [0.5, 0.6) is 0 Å². The summed E-state index contributed by atoms with van der Waals surface area (Å²) in [6.45, 7) is 0.475. The van der Waals surface area contributed by atoms with Gasteiger partial charge < -0.3 is 10.3 Å². The highest BCUT2D eigenvalue weighted by molar-refractivity contribution is 6.32. The number of halogens is 1. The summed E-state index contributed by atoms with van der Waals surface area (Å²) in [6.07, 6.45) is 2.17. The standard InChI is InChI=1S/C15H13ClN4O/c16-12-6-3-7-18-14(12)15-19-13(21-20-15)8-10-4-1-2-5-11(10)9-17/h1-7H,8-9,17H2. The minimum Gasteiger partial charge on any atom is -0.339 e. The number of aromatic nitrogens is 3. The summed E-state index contributed by atoms with van der Waals surface area (Å²) >= 11 is 6.08. The molecule has 0 amide bonds. The molecule has 5 nitrogen and oxygen atoms in total. The Morgan fingerprint density at radius 3 is 2.67 bits per heavy atom. The van der Waals surface area contributed by atoms with Crippen molar-refractivity contribution in [3.8, 4) is 11.5 Å². The molecule has 106 valence electrons. The summed E-state index contributed by atoms with van der Waals surface area (Å²) < 4.78 is 5.28. The van der Waals surface area contributed by atoms with Crippen molar-refractivity contribution >= 4 is 11.6 Å². The number of nitrogens with two attached hydrogens (primary N) is 1. The van der Waals surface area contributed by atoms with Crippen molar-refractivity contribution in [1.29, 1.82) is 0 Å². The normalized spacial score (nSPS) is 10.8. The Bertz CT molecular complexity index is 757. The Morgan fingerprint density at radius 1 is 1.10 bits per heavy atom. The Hall–Kier alpha value is -2.24. The summed E-state index contributed by atoms with van der Waals surface area (Å²) in [5.41, 5.74) is 8.38. The number of benzene rings is 1. The maximum Gasteiger partial charge on any atom is 0.231 e. The fourth-order valence-corrected chi connectivity index (χ4v) is 2.27. The summed E-state index contributed by atoms with van der Waals surface area (Å²) in [4.78, 5) is 8.51. The van der Waals surface area contributed by atoms with Gasteiger partial charge in [-0.3, -0.25) is 4.98 Å². The third kappa shape index (κ3) is 2.94. The van der Waals surface area contributed by atoms with E-state index in [1.807, 2.05) is 24.3 Å². The van der Waals surface area contributed by atoms with Gasteiger partial charge in [0.2, 0.25) is 11.7 Å². The van der Waals surface area contributed by atoms with Crippen molar-refractivity contribution in [2.75, 3.05) is 0 Å². The third-order valence-electron chi connectivity index (χ3n) is 3.12. The lowest BCUT2D eigenvalue weighted by Crippen LogP contribution is -2.02. The van der Waals surface area contributed by atoms with Gasteiger partial charge in [-0.1, -0.05) is 41.0 Å². The Kier molecular flexibility index (Phi) is 3.94. The van der Waals surface area contributed by atoms with Gasteiger partial charge in [0.15, 0.2) is 0 Å². The minimum atomic E-state index is 0.390. The van der Waals surface area contributed by atoms with Crippen molar-refractivity contribution in [2.45, 2.75) is 13.0 Å². The smallest absolute Gasteiger partial charge is 0.231 e. The minimum absolute atomic E-state index is 0.390. The van der Waals surface area contributed by atoms with Crippen molar-refractivity contribution in [1.82, 2.24) is 15.1 Å². The molecule has 0 spiro atoms. The first-order chi connectivity index (χ1) is 10.3. The van der Waals surface area contributed by atoms with Gasteiger partial charge in [0.1, 0.15) is 5.69 Å². The Morgan fingerprint density at radius 2 is 1.90 bits per heavy atom. The van der Waals surface area contributed by atoms with E-state index >= 15 is 0 Å². The molecule has 0 unspecified atom stereocenters. The van der Waals surface area contributed by atoms with E-state index in [0.29, 0.717) is 35.4 Å². The molecule has 0 fully saturated rings. The first-order valence-corrected chi connectivity index (χ1v) is 6.86. The van der Waals surface area contributed by atoms with Crippen LogP contribution in [0.4, 0.5) is 0 Å². The molecule has 0 saturated heterocycles. The van der Waals surface area contributed by atoms with Crippen LogP contribution in [0.15, 0.2) is 47.1 Å². The third-order valence-corrected chi connectivity index (χ3v) is 3.42. The van der Waals surface area contributed by atoms with Crippen LogP contribution in [0.3, 0.4) is 0 Å². The van der Waals surface area contributed by atoms with E-state index in [4.69, 9.17) is 21.9 Å². The zero-order valence-electron chi connectivity index (χ0n) is 11.2. The largest absolute Gasteiger partial charge is 0.339 e. The monoisotopic (exact) mass is 300 g/mol. The van der Waals surface area contributed by atoms with Gasteiger partial charge in [0.05, 0.1) is 11.4 Å². The van der Waals surface area contributed by atoms with Crippen LogP contribution < -0.4 is 5.73 Å². The van der Waals surface area contributed by atoms with Gasteiger partial charge in [0, 0.05) is 12.7 Å². The van der Waals surface area contributed by atoms with Crippen LogP contribution in [-0.4, -0.2) is 15.1 Å². The van der Waals surface area contributed by atoms with Crippen molar-refractivity contribution in [3.63, 3.8) is 0 Å². The lowest BCUT2D eigenvalue weighted by atomic mass is 10.0. The zero-order valence-corrected chi connectivity index (χ0v) is 11.9. The Labute approximate surface area is 126 Å². The molecular weight excluding hydrogens is 288 g/mol. The van der Waals surface area contributed by atoms with Crippen molar-refractivity contribution < 1.29 is 4.52 Å². The van der Waals surface area contributed by atoms with Crippen molar-refractivity contribution in [3.05, 3.63) is 64.6 Å². The van der Waals surface area contributed by atoms with Crippen LogP contribution in [0.25, 0.3) is 11.5 Å². The molecule has 0 aliphatic heterocycles. The molecule has 2 N–H and O–H groups in total. The first kappa shape index (κ1) is 13.7. The summed E-state index contributed by atoms with van der Waals surface area (Å²) in [7, 11) is 0. The molecular formula is C15H13ClN4O. The molecule has 0 radical (unpaired) electrons. The second-order valence-corrected chi connectivity index (χ2v) is 4.90. The summed E-state index contributed by atoms with van der Waals surface area (Å²) in [6, 6.07) is 11.4. The number of rotatable bonds is 4. The average Bonchev–Trinajstić information content (AvgIpc) is 2.96. The summed E-state index contributed by atoms with van der Waals surface area (Å²) in [5, 5.41) is 4.43. The van der Waals surface area contributed by atoms with Gasteiger partial charge in [-0.15, -0.1) is 0 Å². The van der Waals surface area contributed by atoms with Gasteiger partial charge in [-0.2, -0.15) is 4.98 Å². The molecule has 0 aliphatic carbocycles. The zero-order chi connectivity index (χ0) is 14.7. The number of hydrogen-bond donors (Lipinski definition) is 1. The quantitative estimate of drug-likeness (QED) is 0.801. The highest BCUT2D eigenvalue weighted by Gasteiger charge is 2.14. The summed E-state index contributed by atoms with van der Waals surface area (Å²) in [5.74, 6) is 0.897. The van der Waals surface area contributed by atoms with Crippen LogP contribution in [0.1, 0.15) is 17.0 Å². The van der Waals surface area contributed by atoms with Gasteiger partial charge >= 0.3 is 0 Å². The van der Waals surface area contributed by atoms with Crippen molar-refractivity contribution in [2.24, 2.45) is 5.73 Å². The topological polar surface area (TPSA) is 77.8 Å². The lowest BCUT2D eigenvalue weighted by Gasteiger charge is -2.03. The second-order valence-electron chi connectivity index (χ2n) is 4.50. The van der Waals surface area contributed by atoms with Gasteiger partial charge in [-0.05, 0) is 23.3 Å². The van der Waals surface area contributed by atoms with E-state index in [-0.39, 0.29) is 0 Å². The number of pyridine rings is 1. The predicted molar refractivity (Wildman–Crippen MR) is 79.7 cm³/mol. The molecule has 0 aliphatic rings. The average molecular weight is 301 g/mol. The molecule has 0 saturated carbocycles. The molecule has 0 bridgehead atoms. The van der Waals surface area contributed by atoms with Crippen LogP contribution >= 0.6 is 11.6 Å². The lowest BCUT2D eigenvalue weighted by molar-refractivity contribution is 0.385. The predicted octanol–water partition coefficient (Wildman–Crippen LogP) is 2.83. The van der Waals surface area contributed by atoms with E-state index < -0.39 is 0 Å². The fourth-order valence-electron chi connectivity index (χ4n) is 2.07. The maximum atomic E-state index is 6.08. The van der Waals surface area contributed by atoms with E-state index in [0.717, 1.165) is 11.1 Å². The van der Waals surface area contributed by atoms with E-state index in [2.05, 4.69) is 15.1 Å². The fraction of sp³-hybridized carbons (Fsp3) is 0.133. The highest BCUT2D eigenvalue weighted by atomic mass is 35.5. The van der Waals surface area contributed by atoms with Gasteiger partial charge in [0.25, 0.3) is 0 Å². The molecule has 3 rings (SSSR count). The second kappa shape index (κ2) is 6.03. The van der Waals surface area contributed by atoms with E-state index in [9.17, 15) is 0 Å². The SMILES string of the molecule is NCc1ccccc1Cc1nc(-c2ncccc2Cl)no1. The molecule has 6 heteroatoms. The molecule has 1 aromatic carbocycles. The van der Waals surface area contributed by atoms with E-state index in [1.54, 1.807) is 18.3 Å². The van der Waals surface area contributed by atoms with Gasteiger partial charge in [-0.25, -0.2) is 0 Å². The molecule has 2 heterocycles. The Balaban J connectivity index is 1.87. The molecule has 0 atom stereocenters. The van der Waals surface area contributed by atoms with Crippen LogP contribution in [0, 0.1) is 0 Å².